The van der Waals surface area contributed by atoms with Gasteiger partial charge in [0, 0.05) is 18.6 Å². The third-order valence-electron chi connectivity index (χ3n) is 3.68. The van der Waals surface area contributed by atoms with Gasteiger partial charge in [-0.25, -0.2) is 0 Å². The van der Waals surface area contributed by atoms with Gasteiger partial charge >= 0.3 is 0 Å². The summed E-state index contributed by atoms with van der Waals surface area (Å²) in [6, 6.07) is 10.1. The van der Waals surface area contributed by atoms with E-state index in [1.807, 2.05) is 0 Å². The Morgan fingerprint density at radius 3 is 2.71 bits per heavy atom. The highest BCUT2D eigenvalue weighted by atomic mass is 15.2. The highest BCUT2D eigenvalue weighted by molar-refractivity contribution is 5.25. The largest absolute Gasteiger partial charge is 0.312 e. The Morgan fingerprint density at radius 2 is 2.18 bits per heavy atom. The Hall–Kier alpha value is -0.860. The van der Waals surface area contributed by atoms with E-state index in [0.717, 1.165) is 19.1 Å². The minimum atomic E-state index is 0.454. The summed E-state index contributed by atoms with van der Waals surface area (Å²) in [6.07, 6.45) is 2.77. The lowest BCUT2D eigenvalue weighted by atomic mass is 10.0. The Morgan fingerprint density at radius 1 is 1.41 bits per heavy atom. The average molecular weight is 232 g/mol. The highest BCUT2D eigenvalue weighted by Gasteiger charge is 2.29. The summed E-state index contributed by atoms with van der Waals surface area (Å²) in [7, 11) is 2.06. The monoisotopic (exact) mass is 232 g/mol. The SMILES string of the molecule is CCN(CC(NC)c1cccc(C)c1)C1CC1. The van der Waals surface area contributed by atoms with Gasteiger partial charge in [0.1, 0.15) is 0 Å². The molecule has 0 amide bonds. The minimum Gasteiger partial charge on any atom is -0.312 e. The molecule has 0 aliphatic heterocycles. The first-order chi connectivity index (χ1) is 8.24. The Labute approximate surface area is 105 Å². The lowest BCUT2D eigenvalue weighted by Gasteiger charge is -2.26. The van der Waals surface area contributed by atoms with Gasteiger partial charge in [-0.1, -0.05) is 36.8 Å². The van der Waals surface area contributed by atoms with Gasteiger partial charge in [0.2, 0.25) is 0 Å². The summed E-state index contributed by atoms with van der Waals surface area (Å²) in [5, 5.41) is 3.45. The second-order valence-electron chi connectivity index (χ2n) is 5.07. The van der Waals surface area contributed by atoms with Crippen molar-refractivity contribution in [2.45, 2.75) is 38.8 Å². The summed E-state index contributed by atoms with van der Waals surface area (Å²) in [5.41, 5.74) is 2.75. The second kappa shape index (κ2) is 5.65. The van der Waals surface area contributed by atoms with Crippen molar-refractivity contribution in [1.29, 1.82) is 0 Å². The predicted molar refractivity (Wildman–Crippen MR) is 73.2 cm³/mol. The summed E-state index contributed by atoms with van der Waals surface area (Å²) in [6.45, 7) is 6.71. The van der Waals surface area contributed by atoms with Crippen LogP contribution in [0.3, 0.4) is 0 Å². The highest BCUT2D eigenvalue weighted by Crippen LogP contribution is 2.28. The van der Waals surface area contributed by atoms with Gasteiger partial charge in [0.25, 0.3) is 0 Å². The third kappa shape index (κ3) is 3.30. The van der Waals surface area contributed by atoms with Crippen molar-refractivity contribution < 1.29 is 0 Å². The summed E-state index contributed by atoms with van der Waals surface area (Å²) < 4.78 is 0. The van der Waals surface area contributed by atoms with Crippen molar-refractivity contribution in [3.8, 4) is 0 Å². The van der Waals surface area contributed by atoms with E-state index < -0.39 is 0 Å². The lowest BCUT2D eigenvalue weighted by Crippen LogP contribution is -2.35. The lowest BCUT2D eigenvalue weighted by molar-refractivity contribution is 0.248. The molecule has 1 fully saturated rings. The van der Waals surface area contributed by atoms with E-state index in [0.29, 0.717) is 6.04 Å². The molecule has 2 nitrogen and oxygen atoms in total. The van der Waals surface area contributed by atoms with E-state index >= 15 is 0 Å². The van der Waals surface area contributed by atoms with Crippen molar-refractivity contribution in [3.05, 3.63) is 35.4 Å². The zero-order chi connectivity index (χ0) is 12.3. The van der Waals surface area contributed by atoms with Crippen LogP contribution >= 0.6 is 0 Å². The van der Waals surface area contributed by atoms with Gasteiger partial charge < -0.3 is 5.32 Å². The van der Waals surface area contributed by atoms with Crippen LogP contribution in [0.4, 0.5) is 0 Å². The van der Waals surface area contributed by atoms with E-state index in [1.165, 1.54) is 24.0 Å². The van der Waals surface area contributed by atoms with Crippen LogP contribution in [0.5, 0.6) is 0 Å². The summed E-state index contributed by atoms with van der Waals surface area (Å²) in [5.74, 6) is 0. The van der Waals surface area contributed by atoms with Crippen molar-refractivity contribution in [2.24, 2.45) is 0 Å². The molecule has 1 atom stereocenters. The predicted octanol–water partition coefficient (Wildman–Crippen LogP) is 2.74. The van der Waals surface area contributed by atoms with Gasteiger partial charge in [0.15, 0.2) is 0 Å². The van der Waals surface area contributed by atoms with E-state index in [2.05, 4.69) is 55.4 Å². The molecule has 94 valence electrons. The van der Waals surface area contributed by atoms with Crippen LogP contribution in [0, 0.1) is 6.92 Å². The van der Waals surface area contributed by atoms with Gasteiger partial charge in [-0.3, -0.25) is 4.90 Å². The summed E-state index contributed by atoms with van der Waals surface area (Å²) in [4.78, 5) is 2.60. The summed E-state index contributed by atoms with van der Waals surface area (Å²) >= 11 is 0. The number of hydrogen-bond acceptors (Lipinski definition) is 2. The van der Waals surface area contributed by atoms with Gasteiger partial charge in [-0.05, 0) is 38.9 Å². The van der Waals surface area contributed by atoms with Gasteiger partial charge in [-0.2, -0.15) is 0 Å². The number of nitrogens with one attached hydrogen (secondary N) is 1. The van der Waals surface area contributed by atoms with Crippen LogP contribution in [0.15, 0.2) is 24.3 Å². The van der Waals surface area contributed by atoms with E-state index in [1.54, 1.807) is 0 Å². The Balaban J connectivity index is 2.04. The van der Waals surface area contributed by atoms with Crippen LogP contribution in [0.25, 0.3) is 0 Å². The quantitative estimate of drug-likeness (QED) is 0.811. The van der Waals surface area contributed by atoms with Crippen LogP contribution < -0.4 is 5.32 Å². The van der Waals surface area contributed by atoms with E-state index in [-0.39, 0.29) is 0 Å². The molecule has 0 heterocycles. The molecule has 0 saturated heterocycles. The number of rotatable bonds is 6. The normalized spacial score (nSPS) is 17.4. The van der Waals surface area contributed by atoms with Crippen molar-refractivity contribution >= 4 is 0 Å². The molecule has 1 N–H and O–H groups in total. The first kappa shape index (κ1) is 12.6. The Kier molecular flexibility index (Phi) is 4.19. The van der Waals surface area contributed by atoms with Gasteiger partial charge in [-0.15, -0.1) is 0 Å². The number of benzene rings is 1. The van der Waals surface area contributed by atoms with Crippen LogP contribution in [-0.4, -0.2) is 31.1 Å². The fourth-order valence-corrected chi connectivity index (χ4v) is 2.46. The molecule has 17 heavy (non-hydrogen) atoms. The maximum absolute atomic E-state index is 3.45. The molecule has 1 saturated carbocycles. The molecule has 2 heteroatoms. The second-order valence-corrected chi connectivity index (χ2v) is 5.07. The molecular formula is C15H24N2. The number of aryl methyl sites for hydroxylation is 1. The molecule has 2 rings (SSSR count). The molecule has 0 aromatic heterocycles. The molecule has 0 spiro atoms. The van der Waals surface area contributed by atoms with E-state index in [9.17, 15) is 0 Å². The molecule has 1 aromatic carbocycles. The fraction of sp³-hybridized carbons (Fsp3) is 0.600. The topological polar surface area (TPSA) is 15.3 Å². The minimum absolute atomic E-state index is 0.454. The van der Waals surface area contributed by atoms with E-state index in [4.69, 9.17) is 0 Å². The zero-order valence-electron chi connectivity index (χ0n) is 11.2. The molecule has 0 radical (unpaired) electrons. The van der Waals surface area contributed by atoms with Crippen LogP contribution in [-0.2, 0) is 0 Å². The molecule has 1 unspecified atom stereocenters. The standard InChI is InChI=1S/C15H24N2/c1-4-17(14-8-9-14)11-15(16-3)13-7-5-6-12(2)10-13/h5-7,10,14-16H,4,8-9,11H2,1-3H3. The first-order valence-electron chi connectivity index (χ1n) is 6.72. The zero-order valence-corrected chi connectivity index (χ0v) is 11.2. The van der Waals surface area contributed by atoms with Crippen molar-refractivity contribution in [1.82, 2.24) is 10.2 Å². The third-order valence-corrected chi connectivity index (χ3v) is 3.68. The fourth-order valence-electron chi connectivity index (χ4n) is 2.46. The molecule has 0 bridgehead atoms. The van der Waals surface area contributed by atoms with Crippen LogP contribution in [0.1, 0.15) is 36.9 Å². The Bertz CT molecular complexity index is 358. The van der Waals surface area contributed by atoms with Crippen LogP contribution in [0.2, 0.25) is 0 Å². The molecular weight excluding hydrogens is 208 g/mol. The maximum Gasteiger partial charge on any atom is 0.0447 e. The molecule has 1 aromatic rings. The number of likely N-dealkylation sites (N-methyl/N-ethyl adjacent to an activating group) is 2. The number of nitrogens with zero attached hydrogens (tertiary/aromatic N) is 1. The molecule has 1 aliphatic rings. The van der Waals surface area contributed by atoms with Crippen molar-refractivity contribution in [2.75, 3.05) is 20.1 Å². The van der Waals surface area contributed by atoms with Gasteiger partial charge in [0.05, 0.1) is 0 Å². The smallest absolute Gasteiger partial charge is 0.0447 e. The molecule has 1 aliphatic carbocycles. The number of hydrogen-bond donors (Lipinski definition) is 1. The first-order valence-corrected chi connectivity index (χ1v) is 6.72. The average Bonchev–Trinajstić information content (AvgIpc) is 3.15. The maximum atomic E-state index is 3.45. The van der Waals surface area contributed by atoms with Crippen molar-refractivity contribution in [3.63, 3.8) is 0 Å².